The molecule has 9 nitrogen and oxygen atoms in total. The molecule has 5 heterocycles. The number of amides is 2. The largest absolute Gasteiger partial charge is 0.445 e. The van der Waals surface area contributed by atoms with Gasteiger partial charge in [0.15, 0.2) is 0 Å². The Morgan fingerprint density at radius 1 is 1.02 bits per heavy atom. The van der Waals surface area contributed by atoms with Crippen LogP contribution in [0.4, 0.5) is 4.79 Å². The first-order valence-electron chi connectivity index (χ1n) is 18.7. The number of nitrogens with one attached hydrogen (secondary N) is 2. The number of nitrogens with zero attached hydrogens (tertiary/aromatic N) is 4. The van der Waals surface area contributed by atoms with Crippen molar-refractivity contribution >= 4 is 18.0 Å². The normalized spacial score (nSPS) is 21.3. The van der Waals surface area contributed by atoms with E-state index in [1.54, 1.807) is 0 Å². The number of hydrogen-bond donors (Lipinski definition) is 2. The maximum Gasteiger partial charge on any atom is 0.437 e. The van der Waals surface area contributed by atoms with Crippen molar-refractivity contribution in [2.45, 2.75) is 123 Å². The zero-order chi connectivity index (χ0) is 35.6. The highest BCUT2D eigenvalue weighted by molar-refractivity contribution is 5.90. The van der Waals surface area contributed by atoms with Gasteiger partial charge in [-0.15, -0.1) is 4.99 Å². The number of aliphatic imine (C=N–C) groups is 1. The zero-order valence-corrected chi connectivity index (χ0v) is 31.1. The number of benzene rings is 1. The summed E-state index contributed by atoms with van der Waals surface area (Å²) in [6.07, 6.45) is 12.1. The van der Waals surface area contributed by atoms with E-state index in [4.69, 9.17) is 4.74 Å². The zero-order valence-electron chi connectivity index (χ0n) is 31.1. The first-order valence-corrected chi connectivity index (χ1v) is 18.7. The number of ether oxygens (including phenoxy) is 1. The van der Waals surface area contributed by atoms with Crippen LogP contribution in [0.5, 0.6) is 0 Å². The van der Waals surface area contributed by atoms with Gasteiger partial charge in [-0.2, -0.15) is 0 Å². The van der Waals surface area contributed by atoms with Crippen LogP contribution in [0.15, 0.2) is 53.9 Å². The number of likely N-dealkylation sites (tertiary alicyclic amines) is 1. The summed E-state index contributed by atoms with van der Waals surface area (Å²) in [5.74, 6) is 1.27. The van der Waals surface area contributed by atoms with Crippen LogP contribution < -0.4 is 5.32 Å². The number of rotatable bonds is 10. The van der Waals surface area contributed by atoms with Gasteiger partial charge in [0, 0.05) is 73.3 Å². The van der Waals surface area contributed by atoms with Gasteiger partial charge in [-0.25, -0.2) is 4.79 Å². The molecule has 50 heavy (non-hydrogen) atoms. The second kappa shape index (κ2) is 15.0. The summed E-state index contributed by atoms with van der Waals surface area (Å²) >= 11 is 0. The van der Waals surface area contributed by atoms with E-state index in [1.165, 1.54) is 27.8 Å². The molecule has 3 aliphatic rings. The number of aromatic nitrogens is 2. The molecule has 2 aromatic heterocycles. The summed E-state index contributed by atoms with van der Waals surface area (Å²) in [6, 6.07) is 11.7. The van der Waals surface area contributed by atoms with Crippen LogP contribution in [0.1, 0.15) is 113 Å². The molecule has 1 aromatic carbocycles. The predicted molar refractivity (Wildman–Crippen MR) is 199 cm³/mol. The second-order valence-electron chi connectivity index (χ2n) is 15.9. The van der Waals surface area contributed by atoms with E-state index >= 15 is 0 Å². The topological polar surface area (TPSA) is 103 Å². The minimum absolute atomic E-state index is 0.0743. The fourth-order valence-corrected chi connectivity index (χ4v) is 8.49. The molecule has 3 saturated heterocycles. The number of fused-ring (bicyclic) bond motifs is 2. The van der Waals surface area contributed by atoms with Gasteiger partial charge in [0.1, 0.15) is 0 Å². The van der Waals surface area contributed by atoms with Crippen LogP contribution in [0.2, 0.25) is 0 Å². The number of guanidine groups is 1. The molecule has 3 aliphatic heterocycles. The van der Waals surface area contributed by atoms with Crippen molar-refractivity contribution in [3.63, 3.8) is 0 Å². The number of carbonyl (C=O) groups excluding carboxylic acids is 2. The molecule has 6 rings (SSSR count). The van der Waals surface area contributed by atoms with Crippen molar-refractivity contribution in [1.29, 1.82) is 0 Å². The first kappa shape index (κ1) is 35.7. The number of hydrogen-bond acceptors (Lipinski definition) is 4. The number of aryl methyl sites for hydroxylation is 3. The molecule has 3 fully saturated rings. The number of carbonyl (C=O) groups is 2. The van der Waals surface area contributed by atoms with Gasteiger partial charge >= 0.3 is 6.09 Å². The van der Waals surface area contributed by atoms with Crippen molar-refractivity contribution in [2.75, 3.05) is 19.6 Å². The average Bonchev–Trinajstić information content (AvgIpc) is 3.89. The summed E-state index contributed by atoms with van der Waals surface area (Å²) in [5.41, 5.74) is 7.98. The molecule has 0 spiro atoms. The number of pyridine rings is 1. The van der Waals surface area contributed by atoms with E-state index in [0.29, 0.717) is 36.4 Å². The van der Waals surface area contributed by atoms with Crippen LogP contribution in [-0.4, -0.2) is 75.5 Å². The van der Waals surface area contributed by atoms with E-state index < -0.39 is 11.5 Å². The van der Waals surface area contributed by atoms with E-state index in [-0.39, 0.29) is 12.0 Å². The molecule has 1 unspecified atom stereocenters. The van der Waals surface area contributed by atoms with E-state index in [2.05, 4.69) is 101 Å². The summed E-state index contributed by atoms with van der Waals surface area (Å²) in [4.78, 5) is 43.4. The third-order valence-electron chi connectivity index (χ3n) is 11.1. The SMILES string of the molecule is Cc1cc(C)cc(-c2[nH]cc(CCC(C)(C)C(=O)N3C4CCC3CC4)c2[C@H](C)CN/C(=N\C(=O)OC(C)C)N2CCC(c3ccncc3)C2)c1. The highest BCUT2D eigenvalue weighted by Crippen LogP contribution is 2.42. The summed E-state index contributed by atoms with van der Waals surface area (Å²) < 4.78 is 5.45. The summed E-state index contributed by atoms with van der Waals surface area (Å²) in [6.45, 7) is 16.6. The molecule has 2 amide bonds. The molecule has 268 valence electrons. The Hall–Kier alpha value is -4.14. The van der Waals surface area contributed by atoms with Gasteiger partial charge in [0.2, 0.25) is 11.9 Å². The second-order valence-corrected chi connectivity index (χ2v) is 15.9. The maximum absolute atomic E-state index is 13.9. The lowest BCUT2D eigenvalue weighted by molar-refractivity contribution is -0.142. The van der Waals surface area contributed by atoms with Crippen LogP contribution in [0.25, 0.3) is 11.3 Å². The van der Waals surface area contributed by atoms with Gasteiger partial charge in [0.05, 0.1) is 6.10 Å². The van der Waals surface area contributed by atoms with Crippen LogP contribution in [0.3, 0.4) is 0 Å². The van der Waals surface area contributed by atoms with E-state index in [9.17, 15) is 9.59 Å². The Morgan fingerprint density at radius 2 is 1.68 bits per heavy atom. The Kier molecular flexibility index (Phi) is 10.7. The minimum atomic E-state index is -0.584. The van der Waals surface area contributed by atoms with Gasteiger partial charge in [0.25, 0.3) is 0 Å². The lowest BCUT2D eigenvalue weighted by Gasteiger charge is -2.32. The van der Waals surface area contributed by atoms with E-state index in [1.807, 2.05) is 26.2 Å². The van der Waals surface area contributed by atoms with Crippen LogP contribution in [0, 0.1) is 19.3 Å². The molecular formula is C41H56N6O3. The molecule has 9 heteroatoms. The lowest BCUT2D eigenvalue weighted by Crippen LogP contribution is -2.44. The van der Waals surface area contributed by atoms with Crippen LogP contribution in [-0.2, 0) is 16.0 Å². The Balaban J connectivity index is 1.24. The Labute approximate surface area is 298 Å². The van der Waals surface area contributed by atoms with Crippen molar-refractivity contribution in [3.05, 3.63) is 76.7 Å². The van der Waals surface area contributed by atoms with Gasteiger partial charge < -0.3 is 24.8 Å². The van der Waals surface area contributed by atoms with Crippen molar-refractivity contribution in [3.8, 4) is 11.3 Å². The lowest BCUT2D eigenvalue weighted by atomic mass is 9.83. The van der Waals surface area contributed by atoms with Gasteiger partial charge in [-0.05, 0) is 119 Å². The molecule has 2 bridgehead atoms. The molecule has 0 radical (unpaired) electrons. The fourth-order valence-electron chi connectivity index (χ4n) is 8.49. The quantitative estimate of drug-likeness (QED) is 0.167. The summed E-state index contributed by atoms with van der Waals surface area (Å²) in [7, 11) is 0. The van der Waals surface area contributed by atoms with E-state index in [0.717, 1.165) is 69.3 Å². The monoisotopic (exact) mass is 680 g/mol. The van der Waals surface area contributed by atoms with Gasteiger partial charge in [-0.3, -0.25) is 9.78 Å². The number of aromatic amines is 1. The minimum Gasteiger partial charge on any atom is -0.445 e. The predicted octanol–water partition coefficient (Wildman–Crippen LogP) is 7.89. The average molecular weight is 681 g/mol. The molecular weight excluding hydrogens is 624 g/mol. The van der Waals surface area contributed by atoms with Gasteiger partial charge in [-0.1, -0.05) is 38.0 Å². The van der Waals surface area contributed by atoms with Crippen molar-refractivity contribution in [2.24, 2.45) is 10.4 Å². The van der Waals surface area contributed by atoms with Crippen LogP contribution >= 0.6 is 0 Å². The Bertz CT molecular complexity index is 1650. The highest BCUT2D eigenvalue weighted by atomic mass is 16.6. The van der Waals surface area contributed by atoms with Crippen molar-refractivity contribution in [1.82, 2.24) is 25.1 Å². The molecule has 3 aromatic rings. The smallest absolute Gasteiger partial charge is 0.437 e. The molecule has 2 N–H and O–H groups in total. The number of H-pyrrole nitrogens is 1. The third kappa shape index (κ3) is 7.92. The molecule has 0 saturated carbocycles. The molecule has 0 aliphatic carbocycles. The molecule has 2 atom stereocenters. The maximum atomic E-state index is 13.9. The standard InChI is InChI=1S/C41H56N6O3/c1-26(2)50-40(49)45-39(46-19-15-32(25-46)30-13-17-42-18-14-30)44-23-29(5)36-31(24-43-37(36)33-21-27(3)20-28(4)22-33)12-16-41(6,7)38(48)47-34-8-9-35(47)11-10-34/h13-14,17-18,20-22,24,26,29,32,34-35,43H,8-12,15-16,19,23,25H2,1-7H3,(H,44,45,49)/t29-,32?,34?,35?/m1/s1. The fraction of sp³-hybridized carbons (Fsp3) is 0.561. The van der Waals surface area contributed by atoms with Crippen molar-refractivity contribution < 1.29 is 14.3 Å². The third-order valence-corrected chi connectivity index (χ3v) is 11.1. The first-order chi connectivity index (χ1) is 23.9. The summed E-state index contributed by atoms with van der Waals surface area (Å²) in [5, 5.41) is 3.59. The Morgan fingerprint density at radius 3 is 2.32 bits per heavy atom. The highest BCUT2D eigenvalue weighted by Gasteiger charge is 2.46.